The van der Waals surface area contributed by atoms with Crippen LogP contribution < -0.4 is 4.74 Å². The number of carbonyl (C=O) groups excluding carboxylic acids is 2. The first-order valence-electron chi connectivity index (χ1n) is 6.21. The Morgan fingerprint density at radius 3 is 2.00 bits per heavy atom. The van der Waals surface area contributed by atoms with Gasteiger partial charge in [0.05, 0.1) is 26.2 Å². The lowest BCUT2D eigenvalue weighted by Crippen LogP contribution is -2.33. The third-order valence-corrected chi connectivity index (χ3v) is 4.22. The number of rotatable bonds is 3. The van der Waals surface area contributed by atoms with Gasteiger partial charge in [-0.3, -0.25) is 9.59 Å². The van der Waals surface area contributed by atoms with Crippen molar-refractivity contribution in [2.24, 2.45) is 0 Å². The highest BCUT2D eigenvalue weighted by molar-refractivity contribution is 6.43. The summed E-state index contributed by atoms with van der Waals surface area (Å²) in [5.74, 6) is -0.568. The van der Waals surface area contributed by atoms with Crippen LogP contribution in [0.4, 0.5) is 0 Å². The molecule has 0 saturated heterocycles. The lowest BCUT2D eigenvalue weighted by molar-refractivity contribution is 0.0522. The lowest BCUT2D eigenvalue weighted by atomic mass is 10.1. The van der Waals surface area contributed by atoms with Crippen molar-refractivity contribution in [2.75, 3.05) is 6.73 Å². The number of benzene rings is 2. The highest BCUT2D eigenvalue weighted by atomic mass is 35.5. The molecule has 0 saturated carbocycles. The van der Waals surface area contributed by atoms with Gasteiger partial charge in [-0.05, 0) is 18.2 Å². The number of fused-ring (bicyclic) bond motifs is 1. The Morgan fingerprint density at radius 1 is 0.864 bits per heavy atom. The molecule has 0 radical (unpaired) electrons. The largest absolute Gasteiger partial charge is 0.471 e. The molecule has 3 rings (SSSR count). The Kier molecular flexibility index (Phi) is 4.00. The first-order chi connectivity index (χ1) is 10.5. The molecule has 0 unspecified atom stereocenters. The Bertz CT molecular complexity index is 757. The zero-order valence-corrected chi connectivity index (χ0v) is 13.2. The minimum Gasteiger partial charge on any atom is -0.471 e. The predicted molar refractivity (Wildman–Crippen MR) is 83.9 cm³/mol. The van der Waals surface area contributed by atoms with Crippen molar-refractivity contribution in [3.8, 4) is 5.75 Å². The van der Waals surface area contributed by atoms with Crippen LogP contribution in [0.5, 0.6) is 5.75 Å². The maximum atomic E-state index is 12.2. The number of hydrogen-bond donors (Lipinski definition) is 0. The third kappa shape index (κ3) is 2.54. The van der Waals surface area contributed by atoms with E-state index in [4.69, 9.17) is 39.5 Å². The van der Waals surface area contributed by atoms with Gasteiger partial charge < -0.3 is 4.74 Å². The second kappa shape index (κ2) is 5.80. The number of halogens is 3. The standard InChI is InChI=1S/C15H8Cl3NO3/c16-10-5-12(18)13(6-11(10)17)22-7-19-14(20)8-3-1-2-4-9(8)15(19)21/h1-6H,7H2. The van der Waals surface area contributed by atoms with E-state index in [0.717, 1.165) is 4.90 Å². The lowest BCUT2D eigenvalue weighted by Gasteiger charge is -2.16. The zero-order valence-electron chi connectivity index (χ0n) is 11.0. The summed E-state index contributed by atoms with van der Waals surface area (Å²) in [7, 11) is 0. The van der Waals surface area contributed by atoms with Crippen LogP contribution in [-0.4, -0.2) is 23.4 Å². The summed E-state index contributed by atoms with van der Waals surface area (Å²) in [6, 6.07) is 9.46. The van der Waals surface area contributed by atoms with E-state index in [1.54, 1.807) is 24.3 Å². The molecule has 2 aromatic carbocycles. The molecule has 2 amide bonds. The van der Waals surface area contributed by atoms with Crippen molar-refractivity contribution in [2.45, 2.75) is 0 Å². The quantitative estimate of drug-likeness (QED) is 0.609. The van der Waals surface area contributed by atoms with Crippen LogP contribution in [0.1, 0.15) is 20.7 Å². The summed E-state index contributed by atoms with van der Waals surface area (Å²) < 4.78 is 5.44. The predicted octanol–water partition coefficient (Wildman–Crippen LogP) is 4.28. The van der Waals surface area contributed by atoms with E-state index in [-0.39, 0.29) is 22.5 Å². The molecule has 0 aliphatic carbocycles. The maximum absolute atomic E-state index is 12.2. The van der Waals surface area contributed by atoms with E-state index in [2.05, 4.69) is 0 Å². The first-order valence-corrected chi connectivity index (χ1v) is 7.35. The van der Waals surface area contributed by atoms with Gasteiger partial charge in [-0.1, -0.05) is 46.9 Å². The Labute approximate surface area is 141 Å². The van der Waals surface area contributed by atoms with E-state index in [0.29, 0.717) is 16.1 Å². The van der Waals surface area contributed by atoms with Crippen molar-refractivity contribution < 1.29 is 14.3 Å². The molecule has 1 aliphatic heterocycles. The van der Waals surface area contributed by atoms with Crippen LogP contribution >= 0.6 is 34.8 Å². The van der Waals surface area contributed by atoms with Crippen molar-refractivity contribution >= 4 is 46.6 Å². The van der Waals surface area contributed by atoms with Crippen LogP contribution in [0.2, 0.25) is 15.1 Å². The van der Waals surface area contributed by atoms with Gasteiger partial charge in [0.2, 0.25) is 0 Å². The average molecular weight is 357 g/mol. The summed E-state index contributed by atoms with van der Waals surface area (Å²) in [5, 5.41) is 0.800. The minimum atomic E-state index is -0.406. The van der Waals surface area contributed by atoms with Gasteiger partial charge in [0.25, 0.3) is 11.8 Å². The summed E-state index contributed by atoms with van der Waals surface area (Å²) in [4.78, 5) is 25.4. The topological polar surface area (TPSA) is 46.6 Å². The van der Waals surface area contributed by atoms with E-state index in [1.807, 2.05) is 0 Å². The molecule has 0 atom stereocenters. The van der Waals surface area contributed by atoms with Crippen molar-refractivity contribution in [3.63, 3.8) is 0 Å². The number of hydrogen-bond acceptors (Lipinski definition) is 3. The van der Waals surface area contributed by atoms with Crippen LogP contribution in [0.3, 0.4) is 0 Å². The third-order valence-electron chi connectivity index (χ3n) is 3.20. The van der Waals surface area contributed by atoms with Crippen molar-refractivity contribution in [3.05, 3.63) is 62.6 Å². The summed E-state index contributed by atoms with van der Waals surface area (Å²) >= 11 is 17.7. The Hall–Kier alpha value is -1.75. The van der Waals surface area contributed by atoms with Gasteiger partial charge in [0.1, 0.15) is 5.75 Å². The number of imide groups is 1. The highest BCUT2D eigenvalue weighted by Gasteiger charge is 2.35. The van der Waals surface area contributed by atoms with Gasteiger partial charge in [0, 0.05) is 6.07 Å². The number of nitrogens with zero attached hydrogens (tertiary/aromatic N) is 1. The molecule has 1 aliphatic rings. The summed E-state index contributed by atoms with van der Waals surface area (Å²) in [5.41, 5.74) is 0.715. The maximum Gasteiger partial charge on any atom is 0.264 e. The molecule has 0 bridgehead atoms. The molecule has 4 nitrogen and oxygen atoms in total. The molecule has 2 aromatic rings. The number of ether oxygens (including phenoxy) is 1. The Balaban J connectivity index is 1.80. The average Bonchev–Trinajstić information content (AvgIpc) is 2.74. The number of amides is 2. The normalized spacial score (nSPS) is 13.5. The fourth-order valence-corrected chi connectivity index (χ4v) is 2.70. The smallest absolute Gasteiger partial charge is 0.264 e. The van der Waals surface area contributed by atoms with Gasteiger partial charge in [-0.2, -0.15) is 0 Å². The summed E-state index contributed by atoms with van der Waals surface area (Å²) in [6.07, 6.45) is 0. The zero-order chi connectivity index (χ0) is 15.9. The van der Waals surface area contributed by atoms with Gasteiger partial charge in [0.15, 0.2) is 6.73 Å². The second-order valence-corrected chi connectivity index (χ2v) is 5.78. The van der Waals surface area contributed by atoms with E-state index in [9.17, 15) is 9.59 Å². The van der Waals surface area contributed by atoms with Crippen LogP contribution in [0.15, 0.2) is 36.4 Å². The first kappa shape index (κ1) is 15.2. The molecule has 7 heteroatoms. The van der Waals surface area contributed by atoms with E-state index < -0.39 is 11.8 Å². The molecule has 0 N–H and O–H groups in total. The molecular weight excluding hydrogens is 349 g/mol. The van der Waals surface area contributed by atoms with E-state index >= 15 is 0 Å². The monoisotopic (exact) mass is 355 g/mol. The van der Waals surface area contributed by atoms with Crippen molar-refractivity contribution in [1.29, 1.82) is 0 Å². The molecule has 112 valence electrons. The highest BCUT2D eigenvalue weighted by Crippen LogP contribution is 2.34. The SMILES string of the molecule is O=C1c2ccccc2C(=O)N1COc1cc(Cl)c(Cl)cc1Cl. The van der Waals surface area contributed by atoms with Crippen LogP contribution in [0.25, 0.3) is 0 Å². The van der Waals surface area contributed by atoms with Crippen LogP contribution in [-0.2, 0) is 0 Å². The Morgan fingerprint density at radius 2 is 1.41 bits per heavy atom. The van der Waals surface area contributed by atoms with E-state index in [1.165, 1.54) is 12.1 Å². The number of carbonyl (C=O) groups is 2. The molecular formula is C15H8Cl3NO3. The minimum absolute atomic E-state index is 0.242. The van der Waals surface area contributed by atoms with Gasteiger partial charge >= 0.3 is 0 Å². The molecule has 0 aromatic heterocycles. The second-order valence-electron chi connectivity index (χ2n) is 4.55. The molecule has 0 fully saturated rings. The molecule has 1 heterocycles. The fourth-order valence-electron chi connectivity index (χ4n) is 2.11. The molecule has 0 spiro atoms. The van der Waals surface area contributed by atoms with Gasteiger partial charge in [-0.25, -0.2) is 4.90 Å². The summed E-state index contributed by atoms with van der Waals surface area (Å²) in [6.45, 7) is -0.260. The van der Waals surface area contributed by atoms with Crippen molar-refractivity contribution in [1.82, 2.24) is 4.90 Å². The fraction of sp³-hybridized carbons (Fsp3) is 0.0667. The molecule has 22 heavy (non-hydrogen) atoms. The van der Waals surface area contributed by atoms with Gasteiger partial charge in [-0.15, -0.1) is 0 Å². The van der Waals surface area contributed by atoms with Crippen LogP contribution in [0, 0.1) is 0 Å².